The van der Waals surface area contributed by atoms with Gasteiger partial charge in [-0.25, -0.2) is 4.98 Å². The predicted molar refractivity (Wildman–Crippen MR) is 135 cm³/mol. The van der Waals surface area contributed by atoms with Crippen molar-refractivity contribution >= 4 is 17.5 Å². The van der Waals surface area contributed by atoms with Gasteiger partial charge in [0.1, 0.15) is 11.3 Å². The number of pyridine rings is 1. The van der Waals surface area contributed by atoms with E-state index >= 15 is 0 Å². The second-order valence-corrected chi connectivity index (χ2v) is 10.0. The molecule has 1 saturated carbocycles. The summed E-state index contributed by atoms with van der Waals surface area (Å²) < 4.78 is 40.9. The van der Waals surface area contributed by atoms with Gasteiger partial charge in [-0.3, -0.25) is 14.0 Å². The van der Waals surface area contributed by atoms with Crippen LogP contribution in [0.15, 0.2) is 48.7 Å². The lowest BCUT2D eigenvalue weighted by molar-refractivity contribution is -0.137. The number of fused-ring (bicyclic) bond motifs is 1. The molecule has 1 unspecified atom stereocenters. The Kier molecular flexibility index (Phi) is 7.90. The highest BCUT2D eigenvalue weighted by atomic mass is 19.4. The van der Waals surface area contributed by atoms with Gasteiger partial charge >= 0.3 is 6.18 Å². The molecule has 0 saturated heterocycles. The third kappa shape index (κ3) is 6.14. The molecule has 0 aliphatic heterocycles. The molecule has 0 radical (unpaired) electrons. The number of rotatable bonds is 8. The molecule has 1 aromatic carbocycles. The lowest BCUT2D eigenvalue weighted by Gasteiger charge is -2.38. The third-order valence-corrected chi connectivity index (χ3v) is 7.36. The summed E-state index contributed by atoms with van der Waals surface area (Å²) in [6.07, 6.45) is 2.83. The Morgan fingerprint density at radius 3 is 2.43 bits per heavy atom. The number of amides is 2. The number of imidazole rings is 1. The van der Waals surface area contributed by atoms with Crippen LogP contribution >= 0.6 is 0 Å². The van der Waals surface area contributed by atoms with Crippen LogP contribution in [0, 0.1) is 0 Å². The maximum absolute atomic E-state index is 13.3. The number of alkyl halides is 3. The highest BCUT2D eigenvalue weighted by molar-refractivity contribution is 5.93. The third-order valence-electron chi connectivity index (χ3n) is 7.36. The fourth-order valence-electron chi connectivity index (χ4n) is 5.07. The molecule has 0 bridgehead atoms. The summed E-state index contributed by atoms with van der Waals surface area (Å²) >= 11 is 0. The molecular weight excluding hydrogens is 481 g/mol. The number of nitrogens with zero attached hydrogens (tertiary/aromatic N) is 2. The Hall–Kier alpha value is -3.36. The van der Waals surface area contributed by atoms with Gasteiger partial charge in [-0.2, -0.15) is 13.2 Å². The lowest BCUT2D eigenvalue weighted by atomic mass is 9.69. The summed E-state index contributed by atoms with van der Waals surface area (Å²) in [5, 5.41) is 5.96. The number of hydrogen-bond donors (Lipinski definition) is 2. The minimum Gasteiger partial charge on any atom is -0.353 e. The second kappa shape index (κ2) is 10.9. The molecular formula is C28H33F3N4O2. The fraction of sp³-hybridized carbons (Fsp3) is 0.464. The highest BCUT2D eigenvalue weighted by Crippen LogP contribution is 2.40. The molecule has 198 valence electrons. The standard InChI is InChI=1S/C28H33F3N4O2/c1-3-19(2)33-25(36)16-22-17-35-23(8-7-9-24(35)34-22)26(37)32-18-27(14-5-4-6-15-27)20-10-12-21(13-11-20)28(29,30)31/h7-13,17,19H,3-6,14-16,18H2,1-2H3,(H,32,37)(H,33,36). The van der Waals surface area contributed by atoms with Gasteiger partial charge in [0.15, 0.2) is 0 Å². The first-order valence-electron chi connectivity index (χ1n) is 12.8. The maximum Gasteiger partial charge on any atom is 0.416 e. The Labute approximate surface area is 214 Å². The topological polar surface area (TPSA) is 75.5 Å². The SMILES string of the molecule is CCC(C)NC(=O)Cc1cn2c(C(=O)NCC3(c4ccc(C(F)(F)F)cc4)CCCCC3)cccc2n1. The monoisotopic (exact) mass is 514 g/mol. The summed E-state index contributed by atoms with van der Waals surface area (Å²) in [4.78, 5) is 30.1. The zero-order valence-electron chi connectivity index (χ0n) is 21.2. The van der Waals surface area contributed by atoms with Crippen LogP contribution in [0.2, 0.25) is 0 Å². The van der Waals surface area contributed by atoms with E-state index in [0.717, 1.165) is 56.2 Å². The predicted octanol–water partition coefficient (Wildman–Crippen LogP) is 5.44. The molecule has 2 N–H and O–H groups in total. The molecule has 9 heteroatoms. The van der Waals surface area contributed by atoms with Crippen molar-refractivity contribution in [2.24, 2.45) is 0 Å². The number of carbonyl (C=O) groups is 2. The minimum atomic E-state index is -4.39. The van der Waals surface area contributed by atoms with E-state index in [1.807, 2.05) is 13.8 Å². The van der Waals surface area contributed by atoms with Crippen LogP contribution in [0.3, 0.4) is 0 Å². The summed E-state index contributed by atoms with van der Waals surface area (Å²) in [7, 11) is 0. The molecule has 1 aliphatic rings. The van der Waals surface area contributed by atoms with E-state index in [1.54, 1.807) is 40.9 Å². The van der Waals surface area contributed by atoms with Gasteiger partial charge in [0, 0.05) is 24.2 Å². The van der Waals surface area contributed by atoms with Gasteiger partial charge in [-0.15, -0.1) is 0 Å². The van der Waals surface area contributed by atoms with Crippen LogP contribution in [-0.4, -0.2) is 33.8 Å². The van der Waals surface area contributed by atoms with Crippen LogP contribution in [0.25, 0.3) is 5.65 Å². The van der Waals surface area contributed by atoms with E-state index < -0.39 is 17.2 Å². The quantitative estimate of drug-likeness (QED) is 0.420. The number of hydrogen-bond acceptors (Lipinski definition) is 3. The van der Waals surface area contributed by atoms with Crippen LogP contribution in [0.1, 0.15) is 79.7 Å². The molecule has 6 nitrogen and oxygen atoms in total. The maximum atomic E-state index is 13.3. The summed E-state index contributed by atoms with van der Waals surface area (Å²) in [5.74, 6) is -0.421. The van der Waals surface area contributed by atoms with Gasteiger partial charge < -0.3 is 10.6 Å². The number of halogens is 3. The first-order valence-corrected chi connectivity index (χ1v) is 12.8. The van der Waals surface area contributed by atoms with Crippen LogP contribution in [0.4, 0.5) is 13.2 Å². The van der Waals surface area contributed by atoms with Gasteiger partial charge in [0.25, 0.3) is 5.91 Å². The Morgan fingerprint density at radius 2 is 1.78 bits per heavy atom. The zero-order chi connectivity index (χ0) is 26.6. The summed E-state index contributed by atoms with van der Waals surface area (Å²) in [5.41, 5.74) is 1.24. The molecule has 37 heavy (non-hydrogen) atoms. The average Bonchev–Trinajstić information content (AvgIpc) is 3.29. The highest BCUT2D eigenvalue weighted by Gasteiger charge is 2.36. The Balaban J connectivity index is 1.52. The van der Waals surface area contributed by atoms with Crippen LogP contribution < -0.4 is 10.6 Å². The van der Waals surface area contributed by atoms with Crippen molar-refractivity contribution in [3.05, 3.63) is 71.2 Å². The van der Waals surface area contributed by atoms with Crippen molar-refractivity contribution in [3.8, 4) is 0 Å². The van der Waals surface area contributed by atoms with Crippen molar-refractivity contribution in [1.82, 2.24) is 20.0 Å². The smallest absolute Gasteiger partial charge is 0.353 e. The van der Waals surface area contributed by atoms with E-state index in [4.69, 9.17) is 0 Å². The van der Waals surface area contributed by atoms with E-state index in [-0.39, 0.29) is 24.3 Å². The van der Waals surface area contributed by atoms with Crippen molar-refractivity contribution in [3.63, 3.8) is 0 Å². The van der Waals surface area contributed by atoms with Crippen molar-refractivity contribution in [1.29, 1.82) is 0 Å². The van der Waals surface area contributed by atoms with Crippen molar-refractivity contribution < 1.29 is 22.8 Å². The number of benzene rings is 1. The molecule has 1 aliphatic carbocycles. The molecule has 4 rings (SSSR count). The van der Waals surface area contributed by atoms with Crippen LogP contribution in [0.5, 0.6) is 0 Å². The van der Waals surface area contributed by atoms with E-state index in [2.05, 4.69) is 15.6 Å². The largest absolute Gasteiger partial charge is 0.416 e. The minimum absolute atomic E-state index is 0.0719. The van der Waals surface area contributed by atoms with Crippen molar-refractivity contribution in [2.45, 2.75) is 76.4 Å². The van der Waals surface area contributed by atoms with Gasteiger partial charge in [0.05, 0.1) is 17.7 Å². The van der Waals surface area contributed by atoms with Gasteiger partial charge in [-0.05, 0) is 56.0 Å². The van der Waals surface area contributed by atoms with E-state index in [1.165, 1.54) is 0 Å². The van der Waals surface area contributed by atoms with E-state index in [9.17, 15) is 22.8 Å². The zero-order valence-corrected chi connectivity index (χ0v) is 21.2. The van der Waals surface area contributed by atoms with Gasteiger partial charge in [0.2, 0.25) is 5.91 Å². The molecule has 3 aromatic rings. The summed E-state index contributed by atoms with van der Waals surface area (Å²) in [6.45, 7) is 4.26. The Bertz CT molecular complexity index is 1240. The molecule has 1 atom stereocenters. The van der Waals surface area contributed by atoms with Gasteiger partial charge in [-0.1, -0.05) is 44.4 Å². The first kappa shape index (κ1) is 26.7. The second-order valence-electron chi connectivity index (χ2n) is 10.0. The fourth-order valence-corrected chi connectivity index (χ4v) is 5.07. The van der Waals surface area contributed by atoms with Crippen molar-refractivity contribution in [2.75, 3.05) is 6.54 Å². The molecule has 0 spiro atoms. The Morgan fingerprint density at radius 1 is 1.08 bits per heavy atom. The number of aromatic nitrogens is 2. The number of carbonyl (C=O) groups excluding carboxylic acids is 2. The average molecular weight is 515 g/mol. The van der Waals surface area contributed by atoms with Crippen LogP contribution in [-0.2, 0) is 22.8 Å². The summed E-state index contributed by atoms with van der Waals surface area (Å²) in [6, 6.07) is 10.6. The first-order chi connectivity index (χ1) is 17.6. The molecule has 2 amide bonds. The van der Waals surface area contributed by atoms with E-state index in [0.29, 0.717) is 23.6 Å². The molecule has 2 heterocycles. The number of nitrogens with one attached hydrogen (secondary N) is 2. The normalized spacial score (nSPS) is 16.4. The molecule has 2 aromatic heterocycles. The molecule has 1 fully saturated rings. The lowest BCUT2D eigenvalue weighted by Crippen LogP contribution is -2.42.